The molecule has 0 aliphatic carbocycles. The first-order valence-corrected chi connectivity index (χ1v) is 2.27. The minimum Gasteiger partial charge on any atom is -0.130 e. The summed E-state index contributed by atoms with van der Waals surface area (Å²) < 4.78 is 0. The Morgan fingerprint density at radius 3 is 0.800 bits per heavy atom. The number of halogens is 2. The van der Waals surface area contributed by atoms with Gasteiger partial charge in [0.25, 0.3) is 0 Å². The van der Waals surface area contributed by atoms with Crippen LogP contribution in [0, 0.1) is 0 Å². The Labute approximate surface area is 53.6 Å². The largest absolute Gasteiger partial charge is 0.130 e. The smallest absolute Gasteiger partial charge is 0.0108 e. The van der Waals surface area contributed by atoms with Gasteiger partial charge >= 0.3 is 0 Å². The van der Waals surface area contributed by atoms with Crippen LogP contribution in [-0.4, -0.2) is 30.1 Å². The van der Waals surface area contributed by atoms with Crippen LogP contribution >= 0.6 is 23.2 Å². The highest BCUT2D eigenvalue weighted by atomic mass is 35.5. The van der Waals surface area contributed by atoms with E-state index in [9.17, 15) is 0 Å². The lowest BCUT2D eigenvalue weighted by Gasteiger charge is -1.06. The maximum Gasteiger partial charge on any atom is 0.0108 e. The van der Waals surface area contributed by atoms with E-state index >= 15 is 0 Å². The number of hydrogen-bond donors (Lipinski definition) is 0. The van der Waals surface area contributed by atoms with Gasteiger partial charge in [-0.2, -0.15) is 0 Å². The summed E-state index contributed by atoms with van der Waals surface area (Å²) in [6, 6.07) is 0. The van der Waals surface area contributed by atoms with Gasteiger partial charge in [0.15, 0.2) is 0 Å². The summed E-state index contributed by atoms with van der Waals surface area (Å²) in [5.74, 6) is 0. The molecule has 0 heterocycles. The summed E-state index contributed by atoms with van der Waals surface area (Å²) in [5, 5.41) is 0. The first-order chi connectivity index (χ1) is 2.00. The van der Waals surface area contributed by atoms with Crippen LogP contribution in [0.4, 0.5) is 0 Å². The Morgan fingerprint density at radius 2 is 0.800 bits per heavy atom. The quantitative estimate of drug-likeness (QED) is 0.341. The van der Waals surface area contributed by atoms with Crippen LogP contribution in [0.25, 0.3) is 0 Å². The van der Waals surface area contributed by atoms with Gasteiger partial charge in [-0.1, -0.05) is 0 Å². The molecule has 0 atom stereocenters. The molecule has 0 N–H and O–H groups in total. The van der Waals surface area contributed by atoms with Crippen molar-refractivity contribution in [3.63, 3.8) is 0 Å². The normalized spacial score (nSPS) is 2.40. The third-order valence-corrected chi connectivity index (χ3v) is 0. The number of rotatable bonds is 0. The first kappa shape index (κ1) is 16.5. The maximum absolute atomic E-state index is 4.64. The monoisotopic (exact) mass is 127 g/mol. The van der Waals surface area contributed by atoms with Gasteiger partial charge in [0, 0.05) is 30.1 Å². The van der Waals surface area contributed by atoms with Crippen LogP contribution in [0.3, 0.4) is 0 Å². The van der Waals surface area contributed by atoms with Crippen molar-refractivity contribution in [3.8, 4) is 0 Å². The fraction of sp³-hybridized carbons (Fsp3) is 1.00. The zero-order valence-corrected chi connectivity index (χ0v) is 6.00. The first-order valence-electron chi connectivity index (χ1n) is 0.756. The summed E-state index contributed by atoms with van der Waals surface area (Å²) in [6.45, 7) is 0. The van der Waals surface area contributed by atoms with Gasteiger partial charge in [-0.15, -0.1) is 23.2 Å². The predicted molar refractivity (Wildman–Crippen MR) is 29.3 cm³/mol. The van der Waals surface area contributed by atoms with Crippen molar-refractivity contribution in [1.82, 2.24) is 0 Å². The van der Waals surface area contributed by atoms with Crippen LogP contribution < -0.4 is 0 Å². The van der Waals surface area contributed by atoms with Crippen LogP contribution in [0.2, 0.25) is 0 Å². The van der Waals surface area contributed by atoms with Crippen molar-refractivity contribution in [2.45, 2.75) is 0 Å². The third kappa shape index (κ3) is 40.0. The highest BCUT2D eigenvalue weighted by Crippen LogP contribution is 1.34. The second-order valence-electron chi connectivity index (χ2n) is 0. The van der Waals surface area contributed by atoms with E-state index in [0.29, 0.717) is 0 Å². The summed E-state index contributed by atoms with van der Waals surface area (Å²) in [6.07, 6.45) is 2.94. The molecular weight excluding hydrogens is 122 g/mol. The molecule has 0 unspecified atom stereocenters. The third-order valence-electron chi connectivity index (χ3n) is 0. The van der Waals surface area contributed by atoms with E-state index in [-0.39, 0.29) is 17.4 Å². The molecule has 0 saturated heterocycles. The van der Waals surface area contributed by atoms with Gasteiger partial charge in [0.05, 0.1) is 0 Å². The van der Waals surface area contributed by atoms with Gasteiger partial charge in [-0.05, 0) is 0 Å². The lowest BCUT2D eigenvalue weighted by atomic mass is 12.0. The molecule has 0 aromatic carbocycles. The van der Waals surface area contributed by atoms with E-state index in [1.54, 1.807) is 0 Å². The Hall–Kier alpha value is 1.11. The number of alkyl halides is 2. The molecular formula is C2H6AlCl2. The molecule has 0 fully saturated rings. The molecule has 0 aliphatic rings. The van der Waals surface area contributed by atoms with Crippen LogP contribution in [-0.2, 0) is 0 Å². The van der Waals surface area contributed by atoms with Crippen molar-refractivity contribution in [2.24, 2.45) is 0 Å². The molecule has 3 heteroatoms. The van der Waals surface area contributed by atoms with E-state index in [4.69, 9.17) is 0 Å². The summed E-state index contributed by atoms with van der Waals surface area (Å²) >= 11 is 9.28. The minimum atomic E-state index is 0. The molecule has 0 bridgehead atoms. The molecule has 0 aromatic rings. The molecule has 0 saturated carbocycles. The zero-order chi connectivity index (χ0) is 4.00. The molecule has 0 nitrogen and oxygen atoms in total. The minimum absolute atomic E-state index is 0. The van der Waals surface area contributed by atoms with Crippen LogP contribution in [0.1, 0.15) is 0 Å². The fourth-order valence-electron chi connectivity index (χ4n) is 0. The Balaban J connectivity index is -0.0000000133. The lowest BCUT2D eigenvalue weighted by molar-refractivity contribution is 2.46. The van der Waals surface area contributed by atoms with Gasteiger partial charge < -0.3 is 0 Å². The van der Waals surface area contributed by atoms with E-state index in [1.807, 2.05) is 0 Å². The van der Waals surface area contributed by atoms with Gasteiger partial charge in [0.1, 0.15) is 0 Å². The predicted octanol–water partition coefficient (Wildman–Crippen LogP) is 1.33. The molecule has 0 rings (SSSR count). The van der Waals surface area contributed by atoms with Gasteiger partial charge in [0.2, 0.25) is 0 Å². The summed E-state index contributed by atoms with van der Waals surface area (Å²) in [5.41, 5.74) is 0. The highest BCUT2D eigenvalue weighted by molar-refractivity contribution is 6.15. The van der Waals surface area contributed by atoms with Gasteiger partial charge in [-0.25, -0.2) is 0 Å². The summed E-state index contributed by atoms with van der Waals surface area (Å²) in [4.78, 5) is 0. The lowest BCUT2D eigenvalue weighted by Crippen LogP contribution is -0.852. The Bertz CT molecular complexity index is 7.61. The molecule has 0 aromatic heterocycles. The van der Waals surface area contributed by atoms with Crippen molar-refractivity contribution in [1.29, 1.82) is 0 Å². The SMILES string of the molecule is CCl.CCl.[Al]. The molecule has 0 amide bonds. The standard InChI is InChI=1S/2CH3Cl.Al/c2*1-2;/h2*1H3;. The molecule has 3 radical (unpaired) electrons. The molecule has 0 spiro atoms. The van der Waals surface area contributed by atoms with Crippen molar-refractivity contribution in [2.75, 3.05) is 12.8 Å². The maximum atomic E-state index is 4.64. The summed E-state index contributed by atoms with van der Waals surface area (Å²) in [7, 11) is 0. The van der Waals surface area contributed by atoms with Crippen LogP contribution in [0.5, 0.6) is 0 Å². The van der Waals surface area contributed by atoms with Crippen molar-refractivity contribution < 1.29 is 0 Å². The second-order valence-corrected chi connectivity index (χ2v) is 0. The topological polar surface area (TPSA) is 0 Å². The Morgan fingerprint density at radius 1 is 0.800 bits per heavy atom. The van der Waals surface area contributed by atoms with Crippen molar-refractivity contribution in [3.05, 3.63) is 0 Å². The molecule has 31 valence electrons. The van der Waals surface area contributed by atoms with Gasteiger partial charge in [-0.3, -0.25) is 0 Å². The van der Waals surface area contributed by atoms with E-state index in [1.165, 1.54) is 12.8 Å². The average molecular weight is 128 g/mol. The average Bonchev–Trinajstić information content (AvgIpc) is 1.50. The highest BCUT2D eigenvalue weighted by Gasteiger charge is 0.945. The van der Waals surface area contributed by atoms with Crippen LogP contribution in [0.15, 0.2) is 0 Å². The van der Waals surface area contributed by atoms with Crippen molar-refractivity contribution >= 4 is 40.6 Å². The number of hydrogen-bond acceptors (Lipinski definition) is 0. The van der Waals surface area contributed by atoms with E-state index in [0.717, 1.165) is 0 Å². The van der Waals surface area contributed by atoms with E-state index in [2.05, 4.69) is 23.2 Å². The zero-order valence-electron chi connectivity index (χ0n) is 3.33. The fourth-order valence-corrected chi connectivity index (χ4v) is 0. The van der Waals surface area contributed by atoms with E-state index < -0.39 is 0 Å². The molecule has 0 aliphatic heterocycles. The second kappa shape index (κ2) is 69.9. The Kier molecular flexibility index (Phi) is 230. The molecule has 5 heavy (non-hydrogen) atoms.